The quantitative estimate of drug-likeness (QED) is 0.478. The molecule has 0 spiro atoms. The molecule has 2 N–H and O–H groups in total. The molecule has 2 aromatic heterocycles. The Kier molecular flexibility index (Phi) is 4.03. The van der Waals surface area contributed by atoms with Crippen molar-refractivity contribution < 1.29 is 18.9 Å². The van der Waals surface area contributed by atoms with Crippen molar-refractivity contribution in [2.45, 2.75) is 13.8 Å². The summed E-state index contributed by atoms with van der Waals surface area (Å²) in [6.45, 7) is 5.89. The van der Waals surface area contributed by atoms with Gasteiger partial charge in [-0.25, -0.2) is 0 Å². The van der Waals surface area contributed by atoms with Crippen LogP contribution in [0, 0.1) is 20.4 Å². The number of hydrogen-bond acceptors (Lipinski definition) is 4. The van der Waals surface area contributed by atoms with Gasteiger partial charge in [0, 0.05) is 5.52 Å². The average molecular weight is 259 g/mol. The van der Waals surface area contributed by atoms with Crippen LogP contribution < -0.4 is 24.6 Å². The zero-order valence-electron chi connectivity index (χ0n) is 11.8. The number of para-hydroxylation sites is 1. The first kappa shape index (κ1) is 14.4. The molecule has 0 saturated heterocycles. The second-order valence-corrected chi connectivity index (χ2v) is 4.51. The van der Waals surface area contributed by atoms with Gasteiger partial charge in [0.1, 0.15) is 5.82 Å². The third kappa shape index (κ3) is 2.51. The Bertz CT molecular complexity index is 727. The SMILES string of the molecule is Cc1cc(N)nc(C)c1[CH-]n1nnc2ccccc21.[Li+]. The van der Waals surface area contributed by atoms with Crippen LogP contribution in [0.25, 0.3) is 11.0 Å². The molecule has 0 bridgehead atoms. The number of hydrogen-bond donors (Lipinski definition) is 1. The summed E-state index contributed by atoms with van der Waals surface area (Å²) in [5.41, 5.74) is 10.6. The van der Waals surface area contributed by atoms with Crippen LogP contribution in [0.1, 0.15) is 16.8 Å². The predicted molar refractivity (Wildman–Crippen MR) is 74.5 cm³/mol. The molecular weight excluding hydrogens is 245 g/mol. The van der Waals surface area contributed by atoms with Crippen molar-refractivity contribution in [1.29, 1.82) is 0 Å². The van der Waals surface area contributed by atoms with Crippen molar-refractivity contribution in [3.63, 3.8) is 0 Å². The summed E-state index contributed by atoms with van der Waals surface area (Å²) in [7, 11) is 0. The van der Waals surface area contributed by atoms with E-state index in [9.17, 15) is 0 Å². The molecule has 3 aromatic rings. The smallest absolute Gasteiger partial charge is 0.385 e. The Labute approximate surface area is 129 Å². The summed E-state index contributed by atoms with van der Waals surface area (Å²) in [6, 6.07) is 9.70. The monoisotopic (exact) mass is 259 g/mol. The molecule has 5 nitrogen and oxygen atoms in total. The molecule has 3 rings (SSSR count). The van der Waals surface area contributed by atoms with Crippen LogP contribution in [-0.2, 0) is 0 Å². The largest absolute Gasteiger partial charge is 1.00 e. The van der Waals surface area contributed by atoms with E-state index in [0.29, 0.717) is 5.82 Å². The van der Waals surface area contributed by atoms with Crippen LogP contribution >= 0.6 is 0 Å². The minimum Gasteiger partial charge on any atom is -0.385 e. The first-order chi connectivity index (χ1) is 9.15. The van der Waals surface area contributed by atoms with Crippen LogP contribution in [0.5, 0.6) is 0 Å². The maximum absolute atomic E-state index is 5.73. The van der Waals surface area contributed by atoms with Gasteiger partial charge in [0.25, 0.3) is 0 Å². The van der Waals surface area contributed by atoms with Crippen LogP contribution in [0.3, 0.4) is 0 Å². The van der Waals surface area contributed by atoms with Gasteiger partial charge in [0.2, 0.25) is 0 Å². The number of nitrogens with two attached hydrogens (primary N) is 1. The average Bonchev–Trinajstić information content (AvgIpc) is 2.77. The van der Waals surface area contributed by atoms with E-state index in [1.807, 2.05) is 50.7 Å². The van der Waals surface area contributed by atoms with Gasteiger partial charge in [-0.1, -0.05) is 49.9 Å². The molecule has 6 heteroatoms. The number of aromatic nitrogens is 4. The summed E-state index contributed by atoms with van der Waals surface area (Å²) in [6.07, 6.45) is 0. The molecule has 0 aliphatic rings. The molecule has 96 valence electrons. The summed E-state index contributed by atoms with van der Waals surface area (Å²) < 4.78 is 1.77. The molecule has 20 heavy (non-hydrogen) atoms. The number of anilines is 1. The van der Waals surface area contributed by atoms with E-state index < -0.39 is 0 Å². The summed E-state index contributed by atoms with van der Waals surface area (Å²) in [5, 5.41) is 8.28. The molecule has 1 aromatic carbocycles. The van der Waals surface area contributed by atoms with Gasteiger partial charge >= 0.3 is 18.9 Å². The van der Waals surface area contributed by atoms with E-state index >= 15 is 0 Å². The second kappa shape index (κ2) is 5.57. The van der Waals surface area contributed by atoms with Crippen LogP contribution in [-0.4, -0.2) is 20.0 Å². The minimum absolute atomic E-state index is 0. The van der Waals surface area contributed by atoms with Gasteiger partial charge in [-0.15, -0.1) is 16.2 Å². The van der Waals surface area contributed by atoms with E-state index in [1.54, 1.807) is 4.68 Å². The molecule has 0 aliphatic carbocycles. The summed E-state index contributed by atoms with van der Waals surface area (Å²) in [4.78, 5) is 4.28. The van der Waals surface area contributed by atoms with Crippen LogP contribution in [0.4, 0.5) is 5.82 Å². The van der Waals surface area contributed by atoms with E-state index in [-0.39, 0.29) is 18.9 Å². The Morgan fingerprint density at radius 1 is 1.20 bits per heavy atom. The number of nitrogens with zero attached hydrogens (tertiary/aromatic N) is 4. The second-order valence-electron chi connectivity index (χ2n) is 4.51. The molecule has 2 heterocycles. The van der Waals surface area contributed by atoms with Gasteiger partial charge in [-0.05, 0) is 11.8 Å². The molecular formula is C14H14LiN5. The van der Waals surface area contributed by atoms with Crippen molar-refractivity contribution in [2.75, 3.05) is 5.73 Å². The Hall–Kier alpha value is -1.96. The number of pyridine rings is 1. The maximum atomic E-state index is 5.73. The molecule has 0 radical (unpaired) electrons. The van der Waals surface area contributed by atoms with Crippen molar-refractivity contribution in [2.24, 2.45) is 0 Å². The molecule has 0 saturated carbocycles. The summed E-state index contributed by atoms with van der Waals surface area (Å²) >= 11 is 0. The summed E-state index contributed by atoms with van der Waals surface area (Å²) in [5.74, 6) is 0.538. The number of rotatable bonds is 2. The topological polar surface area (TPSA) is 69.6 Å². The van der Waals surface area contributed by atoms with E-state index in [0.717, 1.165) is 27.9 Å². The van der Waals surface area contributed by atoms with Crippen molar-refractivity contribution >= 4 is 16.9 Å². The fourth-order valence-electron chi connectivity index (χ4n) is 2.17. The Balaban J connectivity index is 0.00000147. The zero-order valence-corrected chi connectivity index (χ0v) is 11.8. The van der Waals surface area contributed by atoms with Gasteiger partial charge < -0.3 is 5.73 Å². The van der Waals surface area contributed by atoms with Crippen LogP contribution in [0.2, 0.25) is 0 Å². The predicted octanol–water partition coefficient (Wildman–Crippen LogP) is -0.912. The van der Waals surface area contributed by atoms with Gasteiger partial charge in [0.15, 0.2) is 0 Å². The number of fused-ring (bicyclic) bond motifs is 1. The van der Waals surface area contributed by atoms with E-state index in [1.165, 1.54) is 0 Å². The third-order valence-corrected chi connectivity index (χ3v) is 3.10. The normalized spacial score (nSPS) is 10.3. The molecule has 0 aliphatic heterocycles. The molecule has 0 fully saturated rings. The number of aryl methyl sites for hydroxylation is 2. The first-order valence-electron chi connectivity index (χ1n) is 6.03. The fourth-order valence-corrected chi connectivity index (χ4v) is 2.17. The molecule has 0 atom stereocenters. The van der Waals surface area contributed by atoms with Gasteiger partial charge in [0.05, 0.1) is 5.52 Å². The van der Waals surface area contributed by atoms with Gasteiger partial charge in [-0.3, -0.25) is 9.67 Å². The molecule has 0 amide bonds. The number of benzene rings is 1. The molecule has 0 unspecified atom stereocenters. The van der Waals surface area contributed by atoms with E-state index in [2.05, 4.69) is 15.3 Å². The standard InChI is InChI=1S/C14H14N5.Li/c1-9-7-14(15)16-10(2)11(9)8-19-13-6-4-3-5-12(13)17-18-19;/h3-8H,1-2H3,(H2,15,16);/q-1;+1. The minimum atomic E-state index is 0. The van der Waals surface area contributed by atoms with E-state index in [4.69, 9.17) is 5.73 Å². The zero-order chi connectivity index (χ0) is 13.4. The number of nitrogen functional groups attached to an aromatic ring is 1. The fraction of sp³-hybridized carbons (Fsp3) is 0.143. The van der Waals surface area contributed by atoms with Crippen molar-refractivity contribution in [1.82, 2.24) is 20.0 Å². The van der Waals surface area contributed by atoms with Gasteiger partial charge in [-0.2, -0.15) is 0 Å². The maximum Gasteiger partial charge on any atom is 1.00 e. The first-order valence-corrected chi connectivity index (χ1v) is 6.03. The Morgan fingerprint density at radius 2 is 1.95 bits per heavy atom. The van der Waals surface area contributed by atoms with Crippen molar-refractivity contribution in [3.05, 3.63) is 53.7 Å². The Morgan fingerprint density at radius 3 is 2.70 bits per heavy atom. The van der Waals surface area contributed by atoms with Crippen LogP contribution in [0.15, 0.2) is 30.3 Å². The van der Waals surface area contributed by atoms with Crippen molar-refractivity contribution in [3.8, 4) is 0 Å². The third-order valence-electron chi connectivity index (χ3n) is 3.10.